The summed E-state index contributed by atoms with van der Waals surface area (Å²) < 4.78 is 19.1. The molecule has 1 aromatic carbocycles. The SMILES string of the molecule is Cc1nccc(-c2cnn(C(CC3CC3)c3ccc(-c4c(-n5cnnn5)ccc(Cl)c4F)c[n+]3[O-])c2)n1. The fraction of sp³-hybridized carbons (Fsp3) is 0.240. The van der Waals surface area contributed by atoms with Gasteiger partial charge in [-0.05, 0) is 54.0 Å². The van der Waals surface area contributed by atoms with Crippen LogP contribution in [0.15, 0.2) is 61.4 Å². The standard InChI is InChI=1S/C25H21ClFN9O/c1-15-28-9-8-20(31-15)18-11-30-34(12-18)23(10-16-2-3-16)21-6-4-17(13-36(21)37)24-22(35-14-29-32-33-35)7-5-19(26)25(24)27/h4-9,11-14,16,23H,2-3,10H2,1H3. The molecule has 0 saturated heterocycles. The Hall–Kier alpha value is -4.25. The molecule has 1 saturated carbocycles. The maximum Gasteiger partial charge on any atom is 0.217 e. The fourth-order valence-corrected chi connectivity index (χ4v) is 4.62. The first-order chi connectivity index (χ1) is 18.0. The number of hydrogen-bond acceptors (Lipinski definition) is 7. The summed E-state index contributed by atoms with van der Waals surface area (Å²) in [6, 6.07) is 8.00. The van der Waals surface area contributed by atoms with E-state index in [0.717, 1.165) is 35.3 Å². The third-order valence-electron chi connectivity index (χ3n) is 6.49. The molecule has 6 rings (SSSR count). The van der Waals surface area contributed by atoms with Crippen molar-refractivity contribution < 1.29 is 9.12 Å². The Morgan fingerprint density at radius 1 is 1.19 bits per heavy atom. The lowest BCUT2D eigenvalue weighted by Gasteiger charge is -2.18. The maximum absolute atomic E-state index is 15.2. The number of hydrogen-bond donors (Lipinski definition) is 0. The van der Waals surface area contributed by atoms with E-state index in [2.05, 4.69) is 30.6 Å². The molecule has 0 amide bonds. The lowest BCUT2D eigenvalue weighted by atomic mass is 10.0. The topological polar surface area (TPSA) is 114 Å². The molecule has 1 aliphatic rings. The van der Waals surface area contributed by atoms with Gasteiger partial charge in [0, 0.05) is 24.0 Å². The van der Waals surface area contributed by atoms with Crippen molar-refractivity contribution >= 4 is 11.6 Å². The Balaban J connectivity index is 1.40. The largest absolute Gasteiger partial charge is 0.618 e. The minimum atomic E-state index is -0.659. The molecule has 0 radical (unpaired) electrons. The zero-order valence-corrected chi connectivity index (χ0v) is 20.5. The van der Waals surface area contributed by atoms with E-state index in [1.54, 1.807) is 35.3 Å². The van der Waals surface area contributed by atoms with Crippen molar-refractivity contribution in [2.24, 2.45) is 5.92 Å². The van der Waals surface area contributed by atoms with Gasteiger partial charge in [-0.15, -0.1) is 5.10 Å². The number of halogens is 2. The number of rotatable bonds is 7. The lowest BCUT2D eigenvalue weighted by Crippen LogP contribution is -2.35. The molecular formula is C25H21ClFN9O. The smallest absolute Gasteiger partial charge is 0.217 e. The molecule has 4 heterocycles. The molecule has 1 atom stereocenters. The van der Waals surface area contributed by atoms with Crippen LogP contribution in [0, 0.1) is 23.9 Å². The van der Waals surface area contributed by atoms with Crippen molar-refractivity contribution in [2.45, 2.75) is 32.2 Å². The zero-order chi connectivity index (χ0) is 25.5. The van der Waals surface area contributed by atoms with Gasteiger partial charge in [-0.2, -0.15) is 14.5 Å². The predicted molar refractivity (Wildman–Crippen MR) is 132 cm³/mol. The van der Waals surface area contributed by atoms with E-state index in [-0.39, 0.29) is 16.6 Å². The van der Waals surface area contributed by atoms with Gasteiger partial charge in [0.15, 0.2) is 12.0 Å². The van der Waals surface area contributed by atoms with Crippen LogP contribution >= 0.6 is 11.6 Å². The maximum atomic E-state index is 15.2. The minimum absolute atomic E-state index is 0.0658. The molecule has 1 fully saturated rings. The van der Waals surface area contributed by atoms with E-state index in [1.165, 1.54) is 23.3 Å². The molecule has 0 bridgehead atoms. The molecular weight excluding hydrogens is 497 g/mol. The molecule has 1 aliphatic carbocycles. The normalized spacial score (nSPS) is 14.1. The average Bonchev–Trinajstić information content (AvgIpc) is 3.33. The summed E-state index contributed by atoms with van der Waals surface area (Å²) >= 11 is 6.08. The van der Waals surface area contributed by atoms with Gasteiger partial charge in [-0.1, -0.05) is 24.4 Å². The van der Waals surface area contributed by atoms with Gasteiger partial charge in [0.1, 0.15) is 18.2 Å². The third-order valence-corrected chi connectivity index (χ3v) is 6.78. The summed E-state index contributed by atoms with van der Waals surface area (Å²) in [5.74, 6) is 0.534. The summed E-state index contributed by atoms with van der Waals surface area (Å²) in [6.45, 7) is 1.83. The Kier molecular flexibility index (Phi) is 5.84. The van der Waals surface area contributed by atoms with Crippen LogP contribution < -0.4 is 4.73 Å². The first-order valence-electron chi connectivity index (χ1n) is 11.8. The lowest BCUT2D eigenvalue weighted by molar-refractivity contribution is -0.615. The van der Waals surface area contributed by atoms with E-state index < -0.39 is 5.82 Å². The van der Waals surface area contributed by atoms with Gasteiger partial charge in [0.05, 0.1) is 33.7 Å². The van der Waals surface area contributed by atoms with E-state index in [9.17, 15) is 5.21 Å². The van der Waals surface area contributed by atoms with Crippen LogP contribution in [0.4, 0.5) is 4.39 Å². The molecule has 12 heteroatoms. The van der Waals surface area contributed by atoms with Crippen molar-refractivity contribution in [3.63, 3.8) is 0 Å². The van der Waals surface area contributed by atoms with Crippen LogP contribution in [-0.4, -0.2) is 40.0 Å². The van der Waals surface area contributed by atoms with Crippen LogP contribution in [0.3, 0.4) is 0 Å². The van der Waals surface area contributed by atoms with Crippen molar-refractivity contribution in [1.82, 2.24) is 40.0 Å². The van der Waals surface area contributed by atoms with Crippen LogP contribution in [0.2, 0.25) is 5.02 Å². The molecule has 0 aliphatic heterocycles. The van der Waals surface area contributed by atoms with Crippen molar-refractivity contribution in [2.75, 3.05) is 0 Å². The quantitative estimate of drug-likeness (QED) is 0.236. The third kappa shape index (κ3) is 4.53. The van der Waals surface area contributed by atoms with Gasteiger partial charge in [-0.25, -0.2) is 14.4 Å². The van der Waals surface area contributed by atoms with E-state index in [0.29, 0.717) is 28.7 Å². The molecule has 37 heavy (non-hydrogen) atoms. The monoisotopic (exact) mass is 517 g/mol. The number of tetrazole rings is 1. The van der Waals surface area contributed by atoms with E-state index >= 15 is 4.39 Å². The van der Waals surface area contributed by atoms with Gasteiger partial charge < -0.3 is 5.21 Å². The number of pyridine rings is 1. The summed E-state index contributed by atoms with van der Waals surface area (Å²) in [7, 11) is 0. The number of nitrogens with zero attached hydrogens (tertiary/aromatic N) is 9. The molecule has 0 N–H and O–H groups in total. The first-order valence-corrected chi connectivity index (χ1v) is 12.1. The van der Waals surface area contributed by atoms with Crippen LogP contribution in [0.5, 0.6) is 0 Å². The molecule has 186 valence electrons. The van der Waals surface area contributed by atoms with E-state index in [4.69, 9.17) is 11.6 Å². The predicted octanol–water partition coefficient (Wildman–Crippen LogP) is 4.11. The second-order valence-corrected chi connectivity index (χ2v) is 9.48. The van der Waals surface area contributed by atoms with Crippen LogP contribution in [0.1, 0.15) is 36.8 Å². The highest BCUT2D eigenvalue weighted by Gasteiger charge is 2.32. The van der Waals surface area contributed by atoms with Gasteiger partial charge in [-0.3, -0.25) is 4.68 Å². The van der Waals surface area contributed by atoms with Crippen molar-refractivity contribution in [3.8, 4) is 28.1 Å². The van der Waals surface area contributed by atoms with Crippen LogP contribution in [0.25, 0.3) is 28.1 Å². The highest BCUT2D eigenvalue weighted by molar-refractivity contribution is 6.31. The second kappa shape index (κ2) is 9.32. The van der Waals surface area contributed by atoms with Gasteiger partial charge in [0.2, 0.25) is 5.69 Å². The Labute approximate surface area is 216 Å². The molecule has 0 spiro atoms. The summed E-state index contributed by atoms with van der Waals surface area (Å²) in [5.41, 5.74) is 2.97. The van der Waals surface area contributed by atoms with Gasteiger partial charge in [0.25, 0.3) is 0 Å². The Morgan fingerprint density at radius 3 is 2.78 bits per heavy atom. The minimum Gasteiger partial charge on any atom is -0.618 e. The Bertz CT molecular complexity index is 1580. The van der Waals surface area contributed by atoms with Crippen molar-refractivity contribution in [1.29, 1.82) is 0 Å². The summed E-state index contributed by atoms with van der Waals surface area (Å²) in [6.07, 6.45) is 11.1. The number of aryl methyl sites for hydroxylation is 1. The summed E-state index contributed by atoms with van der Waals surface area (Å²) in [4.78, 5) is 8.63. The summed E-state index contributed by atoms with van der Waals surface area (Å²) in [5, 5.41) is 29.0. The molecule has 10 nitrogen and oxygen atoms in total. The molecule has 4 aromatic heterocycles. The Morgan fingerprint density at radius 2 is 2.05 bits per heavy atom. The van der Waals surface area contributed by atoms with Gasteiger partial charge >= 0.3 is 0 Å². The fourth-order valence-electron chi connectivity index (χ4n) is 4.47. The first kappa shape index (κ1) is 23.2. The van der Waals surface area contributed by atoms with E-state index in [1.807, 2.05) is 19.2 Å². The van der Waals surface area contributed by atoms with Crippen molar-refractivity contribution in [3.05, 3.63) is 89.0 Å². The zero-order valence-electron chi connectivity index (χ0n) is 19.7. The molecule has 1 unspecified atom stereocenters. The second-order valence-electron chi connectivity index (χ2n) is 9.07. The highest BCUT2D eigenvalue weighted by Crippen LogP contribution is 2.39. The number of benzene rings is 1. The average molecular weight is 518 g/mol. The van der Waals surface area contributed by atoms with Crippen LogP contribution in [-0.2, 0) is 0 Å². The molecule has 5 aromatic rings. The number of aromatic nitrogens is 9. The highest BCUT2D eigenvalue weighted by atomic mass is 35.5.